The monoisotopic (exact) mass is 398 g/mol. The molecule has 0 aliphatic heterocycles. The fraction of sp³-hybridized carbons (Fsp3) is 1.00. The van der Waals surface area contributed by atoms with Crippen molar-refractivity contribution in [2.45, 2.75) is 88.3 Å². The fourth-order valence-electron chi connectivity index (χ4n) is 8.79. The molecule has 0 heterocycles. The Morgan fingerprint density at radius 1 is 0.600 bits per heavy atom. The maximum absolute atomic E-state index is 6.75. The Morgan fingerprint density at radius 2 is 0.840 bits per heavy atom. The number of hydrogen-bond donors (Lipinski definition) is 1. The molecule has 0 spiro atoms. The molecule has 0 unspecified atom stereocenters. The molecular formula is C20H31O2PS2. The zero-order chi connectivity index (χ0) is 16.9. The first kappa shape index (κ1) is 16.8. The molecule has 5 heteroatoms. The van der Waals surface area contributed by atoms with E-state index < -0.39 is 5.69 Å². The van der Waals surface area contributed by atoms with Crippen LogP contribution < -0.4 is 0 Å². The molecule has 140 valence electrons. The number of rotatable bonds is 4. The summed E-state index contributed by atoms with van der Waals surface area (Å²) in [7, 11) is 0. The van der Waals surface area contributed by atoms with E-state index in [9.17, 15) is 0 Å². The third kappa shape index (κ3) is 2.92. The zero-order valence-corrected chi connectivity index (χ0v) is 17.7. The topological polar surface area (TPSA) is 18.5 Å². The van der Waals surface area contributed by atoms with E-state index in [1.165, 1.54) is 77.0 Å². The second-order valence-corrected chi connectivity index (χ2v) is 16.0. The average molecular weight is 399 g/mol. The highest BCUT2D eigenvalue weighted by Crippen LogP contribution is 2.69. The summed E-state index contributed by atoms with van der Waals surface area (Å²) in [6.45, 7) is 0. The number of hydrogen-bond acceptors (Lipinski definition) is 3. The van der Waals surface area contributed by atoms with Gasteiger partial charge in [-0.25, -0.2) is 0 Å². The first-order chi connectivity index (χ1) is 11.9. The Balaban J connectivity index is 1.21. The van der Waals surface area contributed by atoms with Crippen LogP contribution in [0.25, 0.3) is 0 Å². The molecule has 8 saturated carbocycles. The van der Waals surface area contributed by atoms with Gasteiger partial charge in [-0.15, -0.1) is 0 Å². The fourth-order valence-corrected chi connectivity index (χ4v) is 12.2. The molecule has 8 bridgehead atoms. The molecular weight excluding hydrogens is 367 g/mol. The van der Waals surface area contributed by atoms with Gasteiger partial charge in [0.25, 0.3) is 0 Å². The summed E-state index contributed by atoms with van der Waals surface area (Å²) in [5, 5.41) is 0. The normalized spacial score (nSPS) is 57.8. The van der Waals surface area contributed by atoms with Gasteiger partial charge in [0.05, 0.1) is 11.2 Å². The Labute approximate surface area is 162 Å². The van der Waals surface area contributed by atoms with Gasteiger partial charge in [-0.1, -0.05) is 12.2 Å². The van der Waals surface area contributed by atoms with Gasteiger partial charge >= 0.3 is 0 Å². The largest absolute Gasteiger partial charge is 0.315 e. The molecule has 0 saturated heterocycles. The minimum atomic E-state index is -2.46. The lowest BCUT2D eigenvalue weighted by molar-refractivity contribution is -0.131. The smallest absolute Gasteiger partial charge is 0.245 e. The van der Waals surface area contributed by atoms with Crippen molar-refractivity contribution in [3.05, 3.63) is 0 Å². The van der Waals surface area contributed by atoms with Crippen LogP contribution in [0.2, 0.25) is 0 Å². The van der Waals surface area contributed by atoms with Crippen LogP contribution in [0.5, 0.6) is 0 Å². The van der Waals surface area contributed by atoms with E-state index >= 15 is 0 Å². The van der Waals surface area contributed by atoms with E-state index in [1.54, 1.807) is 0 Å². The standard InChI is InChI=1S/C20H31O2PS2/c24-23(25,21-19-7-13-1-14(8-19)3-15(2-13)9-19)22-20-10-16-4-17(11-20)6-18(5-16)12-20/h13-18H,1-12H2,(H,24,25). The van der Waals surface area contributed by atoms with Gasteiger partial charge in [-0.2, -0.15) is 0 Å². The molecule has 8 fully saturated rings. The van der Waals surface area contributed by atoms with Crippen molar-refractivity contribution in [1.29, 1.82) is 0 Å². The first-order valence-electron chi connectivity index (χ1n) is 10.6. The average Bonchev–Trinajstić information content (AvgIpc) is 2.40. The van der Waals surface area contributed by atoms with Gasteiger partial charge in [0, 0.05) is 0 Å². The van der Waals surface area contributed by atoms with Crippen LogP contribution in [0.4, 0.5) is 0 Å². The molecule has 0 amide bonds. The molecule has 0 N–H and O–H groups in total. The van der Waals surface area contributed by atoms with Gasteiger partial charge in [0.15, 0.2) is 0 Å². The lowest BCUT2D eigenvalue weighted by atomic mass is 9.54. The van der Waals surface area contributed by atoms with Crippen molar-refractivity contribution in [2.75, 3.05) is 0 Å². The molecule has 0 aromatic rings. The Kier molecular flexibility index (Phi) is 3.70. The van der Waals surface area contributed by atoms with Crippen LogP contribution >= 0.6 is 17.9 Å². The Bertz CT molecular complexity index is 513. The second kappa shape index (κ2) is 5.50. The van der Waals surface area contributed by atoms with Crippen molar-refractivity contribution in [3.8, 4) is 0 Å². The molecule has 0 radical (unpaired) electrons. The van der Waals surface area contributed by atoms with Crippen molar-refractivity contribution in [3.63, 3.8) is 0 Å². The van der Waals surface area contributed by atoms with Crippen molar-refractivity contribution in [2.24, 2.45) is 35.5 Å². The van der Waals surface area contributed by atoms with Crippen LogP contribution in [0, 0.1) is 35.5 Å². The lowest BCUT2D eigenvalue weighted by Crippen LogP contribution is -2.53. The molecule has 0 aromatic carbocycles. The second-order valence-electron chi connectivity index (χ2n) is 10.9. The SMILES string of the molecule is S=P(S)(OC12CC3CC(CC(C3)C1)C2)OC12CC3CC(CC(C3)C1)C2. The minimum absolute atomic E-state index is 0.0221. The molecule has 8 rings (SSSR count). The molecule has 8 aliphatic carbocycles. The third-order valence-corrected chi connectivity index (χ3v) is 10.8. The summed E-state index contributed by atoms with van der Waals surface area (Å²) >= 11 is 10.8. The highest BCUT2D eigenvalue weighted by Gasteiger charge is 2.56. The first-order valence-corrected chi connectivity index (χ1v) is 14.4. The van der Waals surface area contributed by atoms with Gasteiger partial charge in [0.1, 0.15) is 0 Å². The quantitative estimate of drug-likeness (QED) is 0.455. The molecule has 0 atom stereocenters. The van der Waals surface area contributed by atoms with Gasteiger partial charge in [-0.05, 0) is 124 Å². The molecule has 25 heavy (non-hydrogen) atoms. The van der Waals surface area contributed by atoms with E-state index in [1.807, 2.05) is 0 Å². The maximum atomic E-state index is 6.75. The predicted octanol–water partition coefficient (Wildman–Crippen LogP) is 6.11. The van der Waals surface area contributed by atoms with Crippen LogP contribution in [0.3, 0.4) is 0 Å². The highest BCUT2D eigenvalue weighted by molar-refractivity contribution is 8.60. The minimum Gasteiger partial charge on any atom is -0.315 e. The summed E-state index contributed by atoms with van der Waals surface area (Å²) in [6.07, 6.45) is 16.0. The van der Waals surface area contributed by atoms with E-state index in [0.717, 1.165) is 35.5 Å². The lowest BCUT2D eigenvalue weighted by Gasteiger charge is -2.59. The van der Waals surface area contributed by atoms with Crippen LogP contribution in [0.15, 0.2) is 0 Å². The van der Waals surface area contributed by atoms with Crippen LogP contribution in [0.1, 0.15) is 77.0 Å². The van der Waals surface area contributed by atoms with Gasteiger partial charge < -0.3 is 9.05 Å². The third-order valence-electron chi connectivity index (χ3n) is 8.58. The van der Waals surface area contributed by atoms with Crippen molar-refractivity contribution in [1.82, 2.24) is 0 Å². The summed E-state index contributed by atoms with van der Waals surface area (Å²) < 4.78 is 13.5. The summed E-state index contributed by atoms with van der Waals surface area (Å²) in [5.74, 6) is 5.30. The summed E-state index contributed by atoms with van der Waals surface area (Å²) in [5.41, 5.74) is -2.42. The van der Waals surface area contributed by atoms with E-state index in [2.05, 4.69) is 0 Å². The number of thiol groups is 1. The Morgan fingerprint density at radius 3 is 1.08 bits per heavy atom. The van der Waals surface area contributed by atoms with E-state index in [4.69, 9.17) is 33.1 Å². The van der Waals surface area contributed by atoms with Crippen molar-refractivity contribution >= 4 is 29.7 Å². The zero-order valence-electron chi connectivity index (χ0n) is 15.1. The molecule has 2 nitrogen and oxygen atoms in total. The summed E-state index contributed by atoms with van der Waals surface area (Å²) in [4.78, 5) is 0. The van der Waals surface area contributed by atoms with Crippen LogP contribution in [-0.4, -0.2) is 11.2 Å². The van der Waals surface area contributed by atoms with Gasteiger partial charge in [-0.3, -0.25) is 0 Å². The van der Waals surface area contributed by atoms with Crippen molar-refractivity contribution < 1.29 is 9.05 Å². The van der Waals surface area contributed by atoms with Crippen LogP contribution in [-0.2, 0) is 20.9 Å². The summed E-state index contributed by atoms with van der Waals surface area (Å²) in [6, 6.07) is 0. The predicted molar refractivity (Wildman–Crippen MR) is 107 cm³/mol. The maximum Gasteiger partial charge on any atom is 0.245 e. The Hall–Kier alpha value is 0.920. The van der Waals surface area contributed by atoms with E-state index in [-0.39, 0.29) is 11.2 Å². The molecule has 0 aromatic heterocycles. The van der Waals surface area contributed by atoms with E-state index in [0.29, 0.717) is 0 Å². The van der Waals surface area contributed by atoms with Gasteiger partial charge in [0.2, 0.25) is 5.69 Å². The highest BCUT2D eigenvalue weighted by atomic mass is 32.9. The molecule has 8 aliphatic rings.